The molecule has 3 unspecified atom stereocenters. The number of ether oxygens (including phenoxy) is 1. The Bertz CT molecular complexity index is 827. The summed E-state index contributed by atoms with van der Waals surface area (Å²) in [5, 5.41) is 3.11. The van der Waals surface area contributed by atoms with Gasteiger partial charge in [0.1, 0.15) is 5.82 Å². The largest absolute Gasteiger partial charge is 0.469 e. The molecule has 1 N–H and O–H groups in total. The molecule has 1 saturated heterocycles. The van der Waals surface area contributed by atoms with Crippen LogP contribution >= 0.6 is 0 Å². The van der Waals surface area contributed by atoms with Gasteiger partial charge >= 0.3 is 12.0 Å². The van der Waals surface area contributed by atoms with Gasteiger partial charge in [-0.3, -0.25) is 4.79 Å². The quantitative estimate of drug-likeness (QED) is 0.810. The molecule has 3 atom stereocenters. The van der Waals surface area contributed by atoms with E-state index in [0.717, 1.165) is 37.7 Å². The van der Waals surface area contributed by atoms with Crippen molar-refractivity contribution in [3.8, 4) is 0 Å². The summed E-state index contributed by atoms with van der Waals surface area (Å²) in [6.07, 6.45) is 4.74. The standard InChI is InChI=1S/C22H27FN2O3/c1-21(16-4-3-5-17(23)8-16)12-25(20(27)24-21)18-14-6-13-7-15(18)11-22(9-13,10-14)19(26)28-2/h3-5,8,13-15,18H,6-7,9-12H2,1-2H3,(H,24,27). The second kappa shape index (κ2) is 5.94. The molecule has 1 aromatic rings. The maximum absolute atomic E-state index is 13.8. The van der Waals surface area contributed by atoms with Crippen molar-refractivity contribution in [1.29, 1.82) is 0 Å². The zero-order valence-electron chi connectivity index (χ0n) is 16.4. The predicted molar refractivity (Wildman–Crippen MR) is 101 cm³/mol. The Labute approximate surface area is 164 Å². The van der Waals surface area contributed by atoms with Crippen LogP contribution in [0.2, 0.25) is 0 Å². The van der Waals surface area contributed by atoms with Crippen LogP contribution in [0.3, 0.4) is 0 Å². The van der Waals surface area contributed by atoms with E-state index >= 15 is 0 Å². The summed E-state index contributed by atoms with van der Waals surface area (Å²) in [5.41, 5.74) is -0.157. The molecule has 28 heavy (non-hydrogen) atoms. The normalized spacial score (nSPS) is 41.2. The van der Waals surface area contributed by atoms with E-state index in [0.29, 0.717) is 24.3 Å². The lowest BCUT2D eigenvalue weighted by atomic mass is 9.47. The van der Waals surface area contributed by atoms with E-state index in [-0.39, 0.29) is 29.3 Å². The SMILES string of the molecule is COC(=O)C12CC3CC(C1)C(N1CC(C)(c4cccc(F)c4)NC1=O)C(C3)C2. The lowest BCUT2D eigenvalue weighted by Crippen LogP contribution is -2.61. The second-order valence-corrected chi connectivity index (χ2v) is 9.63. The highest BCUT2D eigenvalue weighted by Gasteiger charge is 2.61. The van der Waals surface area contributed by atoms with Crippen LogP contribution in [0.25, 0.3) is 0 Å². The Morgan fingerprint density at radius 3 is 2.61 bits per heavy atom. The minimum absolute atomic E-state index is 0.0687. The van der Waals surface area contributed by atoms with Gasteiger partial charge in [-0.15, -0.1) is 0 Å². The minimum Gasteiger partial charge on any atom is -0.469 e. The van der Waals surface area contributed by atoms with Crippen LogP contribution in [-0.4, -0.2) is 36.6 Å². The molecule has 6 rings (SSSR count). The molecule has 1 aliphatic heterocycles. The summed E-state index contributed by atoms with van der Waals surface area (Å²) in [5.74, 6) is 0.881. The molecule has 5 nitrogen and oxygen atoms in total. The molecule has 0 spiro atoms. The highest BCUT2D eigenvalue weighted by molar-refractivity contribution is 5.80. The maximum atomic E-state index is 13.8. The van der Waals surface area contributed by atoms with Crippen LogP contribution in [-0.2, 0) is 15.1 Å². The fraction of sp³-hybridized carbons (Fsp3) is 0.636. The first-order valence-corrected chi connectivity index (χ1v) is 10.3. The number of urea groups is 1. The lowest BCUT2D eigenvalue weighted by molar-refractivity contribution is -0.174. The number of nitrogens with zero attached hydrogens (tertiary/aromatic N) is 1. The summed E-state index contributed by atoms with van der Waals surface area (Å²) in [4.78, 5) is 27.5. The van der Waals surface area contributed by atoms with Gasteiger partial charge in [-0.2, -0.15) is 0 Å². The van der Waals surface area contributed by atoms with Crippen LogP contribution < -0.4 is 5.32 Å². The molecule has 0 aromatic heterocycles. The van der Waals surface area contributed by atoms with Crippen molar-refractivity contribution in [1.82, 2.24) is 10.2 Å². The van der Waals surface area contributed by atoms with Crippen molar-refractivity contribution in [2.45, 2.75) is 50.6 Å². The van der Waals surface area contributed by atoms with Gasteiger partial charge in [-0.25, -0.2) is 9.18 Å². The third-order valence-electron chi connectivity index (χ3n) is 7.79. The fourth-order valence-electron chi connectivity index (χ4n) is 6.97. The number of benzene rings is 1. The van der Waals surface area contributed by atoms with Crippen LogP contribution in [0.4, 0.5) is 9.18 Å². The van der Waals surface area contributed by atoms with Crippen molar-refractivity contribution in [2.75, 3.05) is 13.7 Å². The zero-order chi connectivity index (χ0) is 19.7. The number of nitrogens with one attached hydrogen (secondary N) is 1. The van der Waals surface area contributed by atoms with Crippen LogP contribution in [0, 0.1) is 29.0 Å². The van der Waals surface area contributed by atoms with Gasteiger partial charge in [-0.1, -0.05) is 12.1 Å². The number of hydrogen-bond acceptors (Lipinski definition) is 3. The molecule has 4 saturated carbocycles. The van der Waals surface area contributed by atoms with Crippen LogP contribution in [0.5, 0.6) is 0 Å². The van der Waals surface area contributed by atoms with Gasteiger partial charge in [0.15, 0.2) is 0 Å². The number of esters is 1. The van der Waals surface area contributed by atoms with E-state index in [4.69, 9.17) is 4.74 Å². The van der Waals surface area contributed by atoms with E-state index in [1.807, 2.05) is 17.9 Å². The predicted octanol–water partition coefficient (Wildman–Crippen LogP) is 3.43. The van der Waals surface area contributed by atoms with E-state index in [1.165, 1.54) is 19.2 Å². The third kappa shape index (κ3) is 2.49. The topological polar surface area (TPSA) is 58.6 Å². The summed E-state index contributed by atoms with van der Waals surface area (Å²) in [7, 11) is 1.48. The molecule has 0 radical (unpaired) electrons. The zero-order valence-corrected chi connectivity index (χ0v) is 16.4. The molecule has 5 fully saturated rings. The number of hydrogen-bond donors (Lipinski definition) is 1. The smallest absolute Gasteiger partial charge is 0.318 e. The molecule has 150 valence electrons. The van der Waals surface area contributed by atoms with Crippen molar-refractivity contribution >= 4 is 12.0 Å². The molecular weight excluding hydrogens is 359 g/mol. The number of methoxy groups -OCH3 is 1. The second-order valence-electron chi connectivity index (χ2n) is 9.63. The summed E-state index contributed by atoms with van der Waals surface area (Å²) in [6, 6.07) is 6.57. The summed E-state index contributed by atoms with van der Waals surface area (Å²) in [6.45, 7) is 2.49. The Morgan fingerprint density at radius 2 is 1.96 bits per heavy atom. The number of rotatable bonds is 3. The van der Waals surface area contributed by atoms with Gasteiger partial charge in [-0.05, 0) is 74.5 Å². The Morgan fingerprint density at radius 1 is 1.25 bits per heavy atom. The molecule has 4 aliphatic carbocycles. The van der Waals surface area contributed by atoms with Crippen molar-refractivity contribution in [3.63, 3.8) is 0 Å². The molecule has 4 bridgehead atoms. The number of carbonyl (C=O) groups excluding carboxylic acids is 2. The number of carbonyl (C=O) groups is 2. The summed E-state index contributed by atoms with van der Waals surface area (Å²) >= 11 is 0. The molecular formula is C22H27FN2O3. The Hall–Kier alpha value is -2.11. The van der Waals surface area contributed by atoms with E-state index in [9.17, 15) is 14.0 Å². The van der Waals surface area contributed by atoms with Gasteiger partial charge in [0.05, 0.1) is 18.1 Å². The first-order valence-electron chi connectivity index (χ1n) is 10.3. The molecule has 1 aromatic carbocycles. The van der Waals surface area contributed by atoms with Gasteiger partial charge in [0, 0.05) is 12.6 Å². The maximum Gasteiger partial charge on any atom is 0.318 e. The molecule has 2 amide bonds. The van der Waals surface area contributed by atoms with Gasteiger partial charge in [0.25, 0.3) is 0 Å². The monoisotopic (exact) mass is 386 g/mol. The number of amides is 2. The lowest BCUT2D eigenvalue weighted by Gasteiger charge is -2.60. The molecule has 1 heterocycles. The van der Waals surface area contributed by atoms with Crippen molar-refractivity contribution < 1.29 is 18.7 Å². The Balaban J connectivity index is 1.42. The average molecular weight is 386 g/mol. The number of halogens is 1. The van der Waals surface area contributed by atoms with Crippen LogP contribution in [0.1, 0.15) is 44.6 Å². The fourth-order valence-corrected chi connectivity index (χ4v) is 6.97. The molecule has 6 heteroatoms. The van der Waals surface area contributed by atoms with Crippen molar-refractivity contribution in [3.05, 3.63) is 35.6 Å². The van der Waals surface area contributed by atoms with E-state index in [1.54, 1.807) is 6.07 Å². The summed E-state index contributed by atoms with van der Waals surface area (Å²) < 4.78 is 18.9. The van der Waals surface area contributed by atoms with E-state index in [2.05, 4.69) is 5.32 Å². The third-order valence-corrected chi connectivity index (χ3v) is 7.79. The van der Waals surface area contributed by atoms with Crippen molar-refractivity contribution in [2.24, 2.45) is 23.2 Å². The highest BCUT2D eigenvalue weighted by atomic mass is 19.1. The van der Waals surface area contributed by atoms with E-state index < -0.39 is 5.54 Å². The Kier molecular flexibility index (Phi) is 3.81. The first-order chi connectivity index (χ1) is 13.3. The minimum atomic E-state index is -0.603. The van der Waals surface area contributed by atoms with Gasteiger partial charge in [0.2, 0.25) is 0 Å². The van der Waals surface area contributed by atoms with Crippen LogP contribution in [0.15, 0.2) is 24.3 Å². The van der Waals surface area contributed by atoms with Gasteiger partial charge < -0.3 is 15.0 Å². The average Bonchev–Trinajstić information content (AvgIpc) is 2.96. The molecule has 5 aliphatic rings. The highest BCUT2D eigenvalue weighted by Crippen LogP contribution is 2.61. The first kappa shape index (κ1) is 18.0.